The molecule has 0 radical (unpaired) electrons. The molecule has 5 N–H and O–H groups in total. The first-order chi connectivity index (χ1) is 12.6. The molecule has 0 spiro atoms. The van der Waals surface area contributed by atoms with Gasteiger partial charge in [-0.25, -0.2) is 9.97 Å². The topological polar surface area (TPSA) is 104 Å². The summed E-state index contributed by atoms with van der Waals surface area (Å²) < 4.78 is 0. The summed E-state index contributed by atoms with van der Waals surface area (Å²) in [6.07, 6.45) is 1.53. The lowest BCUT2D eigenvalue weighted by Crippen LogP contribution is -1.95. The van der Waals surface area contributed by atoms with Crippen molar-refractivity contribution in [3.63, 3.8) is 0 Å². The van der Waals surface area contributed by atoms with Gasteiger partial charge >= 0.3 is 0 Å². The van der Waals surface area contributed by atoms with E-state index in [9.17, 15) is 5.11 Å². The number of nitrogen functional groups attached to an aromatic ring is 1. The van der Waals surface area contributed by atoms with Crippen LogP contribution in [-0.4, -0.2) is 20.2 Å². The van der Waals surface area contributed by atoms with Crippen molar-refractivity contribution < 1.29 is 10.2 Å². The molecule has 6 nitrogen and oxygen atoms in total. The Labute approximate surface area is 154 Å². The van der Waals surface area contributed by atoms with Gasteiger partial charge in [0.2, 0.25) is 0 Å². The molecule has 132 valence electrons. The Bertz CT molecular complexity index is 1010. The molecule has 0 bridgehead atoms. The number of aromatic hydroxyl groups is 2. The molecule has 2 aromatic carbocycles. The van der Waals surface area contributed by atoms with E-state index in [2.05, 4.69) is 20.7 Å². The summed E-state index contributed by atoms with van der Waals surface area (Å²) in [5, 5.41) is 24.8. The highest BCUT2D eigenvalue weighted by Crippen LogP contribution is 2.32. The Hall–Kier alpha value is -3.32. The van der Waals surface area contributed by atoms with E-state index in [0.717, 1.165) is 21.6 Å². The highest BCUT2D eigenvalue weighted by Gasteiger charge is 2.09. The number of thiophene rings is 1. The van der Waals surface area contributed by atoms with E-state index >= 15 is 0 Å². The van der Waals surface area contributed by atoms with Crippen LogP contribution in [0.3, 0.4) is 0 Å². The van der Waals surface area contributed by atoms with E-state index in [0.29, 0.717) is 11.4 Å². The van der Waals surface area contributed by atoms with Gasteiger partial charge in [0.25, 0.3) is 0 Å². The summed E-state index contributed by atoms with van der Waals surface area (Å²) in [7, 11) is 0. The van der Waals surface area contributed by atoms with Gasteiger partial charge in [-0.05, 0) is 42.1 Å². The van der Waals surface area contributed by atoms with Gasteiger partial charge in [-0.3, -0.25) is 0 Å². The number of nitrogens with zero attached hydrogens (tertiary/aromatic N) is 2. The van der Waals surface area contributed by atoms with Gasteiger partial charge in [-0.1, -0.05) is 24.3 Å². The van der Waals surface area contributed by atoms with Gasteiger partial charge in [0, 0.05) is 0 Å². The number of nitrogens with two attached hydrogens (primary N) is 1. The number of aromatic nitrogens is 2. The molecule has 0 aliphatic carbocycles. The van der Waals surface area contributed by atoms with Crippen LogP contribution >= 0.6 is 11.3 Å². The predicted octanol–water partition coefficient (Wildman–Crippen LogP) is 4.42. The van der Waals surface area contributed by atoms with E-state index in [1.807, 2.05) is 19.1 Å². The summed E-state index contributed by atoms with van der Waals surface area (Å²) in [6.45, 7) is 2.03. The second-order valence-corrected chi connectivity index (χ2v) is 6.38. The molecule has 4 aromatic rings. The smallest absolute Gasteiger partial charge is 0.142 e. The van der Waals surface area contributed by atoms with Gasteiger partial charge in [0.15, 0.2) is 0 Å². The summed E-state index contributed by atoms with van der Waals surface area (Å²) in [5.74, 6) is 1.07. The minimum Gasteiger partial charge on any atom is -0.506 e. The monoisotopic (exact) mass is 366 g/mol. The summed E-state index contributed by atoms with van der Waals surface area (Å²) in [4.78, 5) is 9.43. The van der Waals surface area contributed by atoms with Crippen LogP contribution in [0.25, 0.3) is 10.2 Å². The summed E-state index contributed by atoms with van der Waals surface area (Å²) in [5.41, 5.74) is 7.47. The van der Waals surface area contributed by atoms with E-state index in [-0.39, 0.29) is 11.5 Å². The minimum atomic E-state index is 0.146. The number of nitrogens with one attached hydrogen (secondary N) is 1. The molecule has 0 aliphatic rings. The van der Waals surface area contributed by atoms with Crippen LogP contribution in [0.1, 0.15) is 5.56 Å². The van der Waals surface area contributed by atoms with Crippen LogP contribution in [0.2, 0.25) is 0 Å². The van der Waals surface area contributed by atoms with Crippen molar-refractivity contribution in [1.29, 1.82) is 0 Å². The number of fused-ring (bicyclic) bond motifs is 1. The van der Waals surface area contributed by atoms with E-state index in [1.165, 1.54) is 6.33 Å². The van der Waals surface area contributed by atoms with Crippen molar-refractivity contribution in [2.45, 2.75) is 6.92 Å². The number of phenolic OH excluding ortho intramolecular Hbond substituents is 2. The zero-order valence-corrected chi connectivity index (χ0v) is 14.9. The van der Waals surface area contributed by atoms with Crippen molar-refractivity contribution in [3.05, 3.63) is 65.8 Å². The molecule has 0 saturated carbocycles. The normalized spacial score (nSPS) is 10.2. The number of aryl methyl sites for hydroxylation is 1. The maximum Gasteiger partial charge on any atom is 0.142 e. The molecule has 0 amide bonds. The first-order valence-corrected chi connectivity index (χ1v) is 8.71. The van der Waals surface area contributed by atoms with Crippen LogP contribution < -0.4 is 11.1 Å². The number of hydrogen-bond acceptors (Lipinski definition) is 7. The van der Waals surface area contributed by atoms with E-state index in [1.54, 1.807) is 47.7 Å². The van der Waals surface area contributed by atoms with Crippen molar-refractivity contribution in [3.8, 4) is 11.5 Å². The maximum atomic E-state index is 9.76. The second kappa shape index (κ2) is 7.71. The van der Waals surface area contributed by atoms with Crippen LogP contribution in [0.4, 0.5) is 17.2 Å². The summed E-state index contributed by atoms with van der Waals surface area (Å²) >= 11 is 1.59. The van der Waals surface area contributed by atoms with Crippen molar-refractivity contribution in [2.24, 2.45) is 0 Å². The Morgan fingerprint density at radius 1 is 0.962 bits per heavy atom. The first-order valence-electron chi connectivity index (χ1n) is 7.83. The summed E-state index contributed by atoms with van der Waals surface area (Å²) in [6, 6.07) is 13.8. The van der Waals surface area contributed by atoms with Gasteiger partial charge in [0.05, 0.1) is 16.8 Å². The molecule has 7 heteroatoms. The SMILES string of the molecule is Cc1csc2ncnc(Nc3ccccc3O)c12.Nc1ccccc1O. The number of anilines is 3. The van der Waals surface area contributed by atoms with Gasteiger partial charge in [-0.2, -0.15) is 0 Å². The minimum absolute atomic E-state index is 0.146. The zero-order chi connectivity index (χ0) is 18.5. The molecule has 0 saturated heterocycles. The van der Waals surface area contributed by atoms with Gasteiger partial charge < -0.3 is 21.3 Å². The fourth-order valence-electron chi connectivity index (χ4n) is 2.31. The molecule has 26 heavy (non-hydrogen) atoms. The molecule has 0 aliphatic heterocycles. The van der Waals surface area contributed by atoms with Crippen molar-refractivity contribution in [1.82, 2.24) is 9.97 Å². The lowest BCUT2D eigenvalue weighted by atomic mass is 10.2. The third-order valence-electron chi connectivity index (χ3n) is 3.65. The zero-order valence-electron chi connectivity index (χ0n) is 14.0. The second-order valence-electron chi connectivity index (χ2n) is 5.52. The Morgan fingerprint density at radius 2 is 1.65 bits per heavy atom. The van der Waals surface area contributed by atoms with Crippen LogP contribution in [0, 0.1) is 6.92 Å². The fraction of sp³-hybridized carbons (Fsp3) is 0.0526. The number of rotatable bonds is 2. The van der Waals surface area contributed by atoms with Crippen LogP contribution in [-0.2, 0) is 0 Å². The number of hydrogen-bond donors (Lipinski definition) is 4. The average Bonchev–Trinajstić information content (AvgIpc) is 3.02. The third kappa shape index (κ3) is 3.84. The third-order valence-corrected chi connectivity index (χ3v) is 4.65. The molecule has 2 heterocycles. The Kier molecular flexibility index (Phi) is 5.19. The van der Waals surface area contributed by atoms with Gasteiger partial charge in [-0.15, -0.1) is 11.3 Å². The molecule has 0 fully saturated rings. The molecular weight excluding hydrogens is 348 g/mol. The van der Waals surface area contributed by atoms with Crippen LogP contribution in [0.5, 0.6) is 11.5 Å². The van der Waals surface area contributed by atoms with E-state index in [4.69, 9.17) is 10.8 Å². The number of para-hydroxylation sites is 4. The molecule has 0 atom stereocenters. The van der Waals surface area contributed by atoms with Gasteiger partial charge in [0.1, 0.15) is 28.5 Å². The lowest BCUT2D eigenvalue weighted by Gasteiger charge is -2.08. The molecule has 4 rings (SSSR count). The standard InChI is InChI=1S/C13H11N3OS.C6H7NO/c1-8-6-18-13-11(8)12(14-7-15-13)16-9-4-2-3-5-10(9)17;7-5-3-1-2-4-6(5)8/h2-7,17H,1H3,(H,14,15,16);1-4,8H,7H2. The first kappa shape index (κ1) is 17.5. The quantitative estimate of drug-likeness (QED) is 0.309. The Morgan fingerprint density at radius 3 is 2.31 bits per heavy atom. The lowest BCUT2D eigenvalue weighted by molar-refractivity contribution is 0.477. The van der Waals surface area contributed by atoms with Crippen molar-refractivity contribution >= 4 is 38.7 Å². The average molecular weight is 366 g/mol. The largest absolute Gasteiger partial charge is 0.506 e. The van der Waals surface area contributed by atoms with E-state index < -0.39 is 0 Å². The van der Waals surface area contributed by atoms with Crippen LogP contribution in [0.15, 0.2) is 60.2 Å². The fourth-order valence-corrected chi connectivity index (χ4v) is 3.20. The molecule has 2 aromatic heterocycles. The highest BCUT2D eigenvalue weighted by molar-refractivity contribution is 7.17. The van der Waals surface area contributed by atoms with Crippen molar-refractivity contribution in [2.75, 3.05) is 11.1 Å². The highest BCUT2D eigenvalue weighted by atomic mass is 32.1. The maximum absolute atomic E-state index is 9.76. The molecule has 0 unspecified atom stereocenters. The number of benzene rings is 2. The number of phenols is 2. The Balaban J connectivity index is 0.000000206. The molecular formula is C19H18N4O2S. The predicted molar refractivity (Wildman–Crippen MR) is 106 cm³/mol.